The molecule has 0 unspecified atom stereocenters. The van der Waals surface area contributed by atoms with Gasteiger partial charge < -0.3 is 9.13 Å². The summed E-state index contributed by atoms with van der Waals surface area (Å²) in [5.74, 6) is 0. The molecule has 0 amide bonds. The molecule has 0 fully saturated rings. The normalized spacial score (nSPS) is 11.8. The molecule has 3 aromatic heterocycles. The van der Waals surface area contributed by atoms with Gasteiger partial charge in [0.15, 0.2) is 0 Å². The van der Waals surface area contributed by atoms with Gasteiger partial charge in [0, 0.05) is 38.5 Å². The van der Waals surface area contributed by atoms with Gasteiger partial charge in [0.25, 0.3) is 0 Å². The Bertz CT molecular complexity index is 3130. The van der Waals surface area contributed by atoms with Gasteiger partial charge in [0.2, 0.25) is 0 Å². The first kappa shape index (κ1) is 29.9. The van der Waals surface area contributed by atoms with E-state index >= 15 is 0 Å². The average molecular weight is 694 g/mol. The second-order valence-electron chi connectivity index (χ2n) is 13.6. The van der Waals surface area contributed by atoms with Crippen LogP contribution in [0.1, 0.15) is 0 Å². The zero-order valence-electron chi connectivity index (χ0n) is 28.6. The molecule has 0 radical (unpaired) electrons. The van der Waals surface area contributed by atoms with Gasteiger partial charge in [0.1, 0.15) is 5.01 Å². The lowest BCUT2D eigenvalue weighted by Crippen LogP contribution is -1.95. The van der Waals surface area contributed by atoms with Crippen LogP contribution >= 0.6 is 11.3 Å². The molecule has 0 saturated carbocycles. The van der Waals surface area contributed by atoms with Crippen LogP contribution in [0.4, 0.5) is 0 Å². The van der Waals surface area contributed by atoms with E-state index in [1.807, 2.05) is 0 Å². The van der Waals surface area contributed by atoms with E-state index in [0.717, 1.165) is 27.5 Å². The van der Waals surface area contributed by atoms with Crippen molar-refractivity contribution in [2.24, 2.45) is 0 Å². The maximum atomic E-state index is 5.00. The predicted molar refractivity (Wildman–Crippen MR) is 225 cm³/mol. The van der Waals surface area contributed by atoms with Crippen LogP contribution in [0.5, 0.6) is 0 Å². The van der Waals surface area contributed by atoms with Gasteiger partial charge in [-0.05, 0) is 82.9 Å². The van der Waals surface area contributed by atoms with Gasteiger partial charge >= 0.3 is 0 Å². The monoisotopic (exact) mass is 693 g/mol. The molecule has 11 aromatic rings. The molecule has 4 heteroatoms. The van der Waals surface area contributed by atoms with Crippen molar-refractivity contribution in [3.05, 3.63) is 188 Å². The fraction of sp³-hybridized carbons (Fsp3) is 0. The summed E-state index contributed by atoms with van der Waals surface area (Å²) >= 11 is 1.75. The quantitative estimate of drug-likeness (QED) is 0.176. The Morgan fingerprint density at radius 1 is 0.340 bits per heavy atom. The predicted octanol–water partition coefficient (Wildman–Crippen LogP) is 13.5. The van der Waals surface area contributed by atoms with Gasteiger partial charge in [-0.2, -0.15) is 0 Å². The highest BCUT2D eigenvalue weighted by Crippen LogP contribution is 2.40. The largest absolute Gasteiger partial charge is 0.309 e. The number of thiazole rings is 1. The fourth-order valence-electron chi connectivity index (χ4n) is 8.03. The van der Waals surface area contributed by atoms with Crippen molar-refractivity contribution in [3.63, 3.8) is 0 Å². The fourth-order valence-corrected chi connectivity index (χ4v) is 9.04. The molecular formula is C49H31N3S. The van der Waals surface area contributed by atoms with Crippen molar-refractivity contribution in [3.8, 4) is 44.2 Å². The molecule has 11 rings (SSSR count). The summed E-state index contributed by atoms with van der Waals surface area (Å²) in [5.41, 5.74) is 14.1. The zero-order chi connectivity index (χ0) is 34.9. The first-order chi connectivity index (χ1) is 26.3. The van der Waals surface area contributed by atoms with Gasteiger partial charge in [-0.25, -0.2) is 4.98 Å². The number of fused-ring (bicyclic) bond motifs is 7. The van der Waals surface area contributed by atoms with Gasteiger partial charge in [-0.15, -0.1) is 11.3 Å². The summed E-state index contributed by atoms with van der Waals surface area (Å²) < 4.78 is 6.01. The van der Waals surface area contributed by atoms with Crippen LogP contribution < -0.4 is 0 Å². The lowest BCUT2D eigenvalue weighted by atomic mass is 10.0. The Morgan fingerprint density at radius 3 is 1.49 bits per heavy atom. The van der Waals surface area contributed by atoms with E-state index in [1.165, 1.54) is 70.6 Å². The van der Waals surface area contributed by atoms with Crippen LogP contribution in [0.25, 0.3) is 98.0 Å². The number of benzene rings is 8. The number of aromatic nitrogens is 3. The Morgan fingerprint density at radius 2 is 0.830 bits per heavy atom. The first-order valence-corrected chi connectivity index (χ1v) is 18.8. The van der Waals surface area contributed by atoms with Crippen molar-refractivity contribution in [2.45, 2.75) is 0 Å². The minimum absolute atomic E-state index is 1.03. The maximum Gasteiger partial charge on any atom is 0.124 e. The molecule has 0 aliphatic heterocycles. The topological polar surface area (TPSA) is 22.8 Å². The molecule has 0 bridgehead atoms. The lowest BCUT2D eigenvalue weighted by molar-refractivity contribution is 1.16. The summed E-state index contributed by atoms with van der Waals surface area (Å²) in [4.78, 5) is 5.00. The molecule has 0 saturated heterocycles. The zero-order valence-corrected chi connectivity index (χ0v) is 29.5. The minimum atomic E-state index is 1.03. The van der Waals surface area contributed by atoms with Crippen molar-refractivity contribution in [1.82, 2.24) is 14.1 Å². The van der Waals surface area contributed by atoms with E-state index in [0.29, 0.717) is 0 Å². The van der Waals surface area contributed by atoms with Crippen molar-refractivity contribution >= 4 is 65.2 Å². The number of hydrogen-bond donors (Lipinski definition) is 0. The second kappa shape index (κ2) is 11.9. The standard InChI is InChI=1S/C49H31N3S/c1-3-11-32(12-4-1)33-19-21-35(22-20-33)49-50-43-28-25-36(29-48(43)53-49)34-23-26-38(27-24-34)52-45-18-10-8-16-40(45)42-30-41-39-15-7-9-17-44(39)51(46(41)31-47(42)52)37-13-5-2-6-14-37/h1-31H. The summed E-state index contributed by atoms with van der Waals surface area (Å²) in [6, 6.07) is 67.9. The van der Waals surface area contributed by atoms with Crippen molar-refractivity contribution in [2.75, 3.05) is 0 Å². The van der Waals surface area contributed by atoms with Crippen molar-refractivity contribution in [1.29, 1.82) is 0 Å². The van der Waals surface area contributed by atoms with Gasteiger partial charge in [0.05, 0.1) is 32.3 Å². The molecule has 248 valence electrons. The number of hydrogen-bond acceptors (Lipinski definition) is 2. The molecule has 0 spiro atoms. The Hall–Kier alpha value is -6.75. The molecule has 0 atom stereocenters. The molecule has 53 heavy (non-hydrogen) atoms. The van der Waals surface area contributed by atoms with E-state index in [2.05, 4.69) is 197 Å². The van der Waals surface area contributed by atoms with Gasteiger partial charge in [-0.1, -0.05) is 127 Å². The minimum Gasteiger partial charge on any atom is -0.309 e. The third kappa shape index (κ3) is 4.84. The van der Waals surface area contributed by atoms with Crippen LogP contribution in [0.15, 0.2) is 188 Å². The maximum absolute atomic E-state index is 5.00. The highest BCUT2D eigenvalue weighted by Gasteiger charge is 2.18. The Labute approximate surface area is 310 Å². The second-order valence-corrected chi connectivity index (χ2v) is 14.6. The number of para-hydroxylation sites is 3. The van der Waals surface area contributed by atoms with E-state index in [9.17, 15) is 0 Å². The average Bonchev–Trinajstić information content (AvgIpc) is 3.90. The molecule has 3 nitrogen and oxygen atoms in total. The molecule has 0 aliphatic rings. The van der Waals surface area contributed by atoms with E-state index < -0.39 is 0 Å². The summed E-state index contributed by atoms with van der Waals surface area (Å²) in [6.45, 7) is 0. The SMILES string of the molecule is c1ccc(-c2ccc(-c3nc4ccc(-c5ccc(-n6c7ccccc7c7cc8c9ccccc9n(-c9ccccc9)c8cc76)cc5)cc4s3)cc2)cc1. The molecule has 0 N–H and O–H groups in total. The summed E-state index contributed by atoms with van der Waals surface area (Å²) in [6.07, 6.45) is 0. The Kier molecular flexibility index (Phi) is 6.73. The third-order valence-electron chi connectivity index (χ3n) is 10.6. The summed E-state index contributed by atoms with van der Waals surface area (Å²) in [7, 11) is 0. The van der Waals surface area contributed by atoms with Crippen molar-refractivity contribution < 1.29 is 0 Å². The van der Waals surface area contributed by atoms with Gasteiger partial charge in [-0.3, -0.25) is 0 Å². The van der Waals surface area contributed by atoms with Crippen LogP contribution in [0, 0.1) is 0 Å². The van der Waals surface area contributed by atoms with E-state index in [-0.39, 0.29) is 0 Å². The van der Waals surface area contributed by atoms with E-state index in [4.69, 9.17) is 4.98 Å². The highest BCUT2D eigenvalue weighted by atomic mass is 32.1. The first-order valence-electron chi connectivity index (χ1n) is 18.0. The van der Waals surface area contributed by atoms with Crippen LogP contribution in [0.3, 0.4) is 0 Å². The third-order valence-corrected chi connectivity index (χ3v) is 11.6. The Balaban J connectivity index is 0.994. The van der Waals surface area contributed by atoms with Crippen LogP contribution in [-0.2, 0) is 0 Å². The smallest absolute Gasteiger partial charge is 0.124 e. The van der Waals surface area contributed by atoms with E-state index in [1.54, 1.807) is 11.3 Å². The molecule has 0 aliphatic carbocycles. The molecule has 8 aromatic carbocycles. The number of nitrogens with zero attached hydrogens (tertiary/aromatic N) is 3. The molecular weight excluding hydrogens is 663 g/mol. The highest BCUT2D eigenvalue weighted by molar-refractivity contribution is 7.21. The summed E-state index contributed by atoms with van der Waals surface area (Å²) in [5, 5.41) is 6.08. The molecule has 3 heterocycles. The number of rotatable bonds is 5. The van der Waals surface area contributed by atoms with Crippen LogP contribution in [-0.4, -0.2) is 14.1 Å². The van der Waals surface area contributed by atoms with Crippen LogP contribution in [0.2, 0.25) is 0 Å². The lowest BCUT2D eigenvalue weighted by Gasteiger charge is -2.11.